The standard InChI is InChI=1S/C67H78ClN13O12S/c1-67(2)19-17-46(52(42-67)44-7-9-47(68)10-8-44)43-77-29-31-78(32-30-77)48-11-13-50(56(40-48)79-23-4-34-93-64-58(79)39-45-18-20-71-61(45)73-64)62(83)74-94(89,90)49-12-14-53(57(41-49)81(87)88)69-21-24-75-25-27-76(28-26-75)33-36-92-38-37-91-35-22-70-54-6-3-5-51-60(54)66(86)80(65(51)85)55-15-16-59(82)72-63(55)84/h3,5-14,18,20,39-41,55,69-70H,4,15-17,19,21-38,42-43H2,1-2H3,(H,71,73)(H,74,83)(H,72,82,84). The second kappa shape index (κ2) is 28.6. The number of allylic oxidation sites excluding steroid dienone is 1. The summed E-state index contributed by atoms with van der Waals surface area (Å²) in [4.78, 5) is 96.9. The minimum Gasteiger partial charge on any atom is -0.476 e. The van der Waals surface area contributed by atoms with Gasteiger partial charge in [-0.15, -0.1) is 0 Å². The summed E-state index contributed by atoms with van der Waals surface area (Å²) in [5, 5.41) is 22.6. The number of amides is 5. The summed E-state index contributed by atoms with van der Waals surface area (Å²) in [5.41, 5.74) is 7.48. The number of piperidine rings is 1. The van der Waals surface area contributed by atoms with Gasteiger partial charge in [0.15, 0.2) is 0 Å². The molecule has 1 unspecified atom stereocenters. The number of sulfonamides is 1. The molecule has 5 N–H and O–H groups in total. The van der Waals surface area contributed by atoms with Crippen molar-refractivity contribution >= 4 is 102 Å². The van der Waals surface area contributed by atoms with Crippen LogP contribution in [0.4, 0.5) is 34.1 Å². The number of hydrogen-bond donors (Lipinski definition) is 5. The number of halogens is 1. The van der Waals surface area contributed by atoms with Crippen LogP contribution in [0.15, 0.2) is 108 Å². The van der Waals surface area contributed by atoms with Gasteiger partial charge in [-0.25, -0.2) is 13.1 Å². The number of H-pyrrole nitrogens is 1. The highest BCUT2D eigenvalue weighted by atomic mass is 35.5. The Kier molecular flexibility index (Phi) is 20.0. The first-order valence-electron chi connectivity index (χ1n) is 32.1. The summed E-state index contributed by atoms with van der Waals surface area (Å²) in [6.45, 7) is 16.0. The molecule has 6 aliphatic rings. The highest BCUT2D eigenvalue weighted by Crippen LogP contribution is 2.45. The normalized spacial score (nSPS) is 19.0. The van der Waals surface area contributed by atoms with E-state index in [0.29, 0.717) is 101 Å². The number of carbonyl (C=O) groups excluding carboxylic acids is 5. The van der Waals surface area contributed by atoms with Crippen molar-refractivity contribution in [1.82, 2.24) is 39.6 Å². The van der Waals surface area contributed by atoms with Crippen LogP contribution in [0, 0.1) is 15.5 Å². The summed E-state index contributed by atoms with van der Waals surface area (Å²) in [7, 11) is -4.65. The number of hydrogen-bond acceptors (Lipinski definition) is 20. The minimum absolute atomic E-state index is 0.0388. The van der Waals surface area contributed by atoms with Crippen molar-refractivity contribution in [2.45, 2.75) is 63.3 Å². The maximum Gasteiger partial charge on any atom is 0.293 e. The van der Waals surface area contributed by atoms with Gasteiger partial charge < -0.3 is 39.6 Å². The molecule has 2 aromatic heterocycles. The lowest BCUT2D eigenvalue weighted by Crippen LogP contribution is -2.54. The lowest BCUT2D eigenvalue weighted by molar-refractivity contribution is -0.384. The smallest absolute Gasteiger partial charge is 0.293 e. The third-order valence-electron chi connectivity index (χ3n) is 18.4. The number of ether oxygens (including phenoxy) is 3. The molecule has 0 radical (unpaired) electrons. The number of carbonyl (C=O) groups is 5. The van der Waals surface area contributed by atoms with Crippen LogP contribution >= 0.6 is 11.6 Å². The van der Waals surface area contributed by atoms with Crippen molar-refractivity contribution in [2.75, 3.05) is 145 Å². The fourth-order valence-electron chi connectivity index (χ4n) is 13.3. The van der Waals surface area contributed by atoms with E-state index in [1.807, 2.05) is 41.3 Å². The molecule has 5 aliphatic heterocycles. The highest BCUT2D eigenvalue weighted by molar-refractivity contribution is 7.90. The van der Waals surface area contributed by atoms with Gasteiger partial charge in [0.25, 0.3) is 33.4 Å². The van der Waals surface area contributed by atoms with E-state index >= 15 is 0 Å². The number of fused-ring (bicyclic) bond motifs is 3. The monoisotopic (exact) mass is 1320 g/mol. The number of nitro groups is 1. The largest absolute Gasteiger partial charge is 0.476 e. The van der Waals surface area contributed by atoms with Gasteiger partial charge in [0.05, 0.1) is 65.2 Å². The number of rotatable bonds is 24. The molecule has 94 heavy (non-hydrogen) atoms. The number of piperazine rings is 2. The number of imide groups is 2. The molecule has 12 rings (SSSR count). The maximum absolute atomic E-state index is 14.6. The third kappa shape index (κ3) is 14.9. The Hall–Kier alpha value is -8.50. The van der Waals surface area contributed by atoms with E-state index in [9.17, 15) is 42.5 Å². The van der Waals surface area contributed by atoms with Crippen LogP contribution in [-0.4, -0.2) is 203 Å². The number of nitro benzene ring substituents is 1. The fourth-order valence-corrected chi connectivity index (χ4v) is 14.4. The Morgan fingerprint density at radius 1 is 0.798 bits per heavy atom. The van der Waals surface area contributed by atoms with E-state index in [1.54, 1.807) is 30.5 Å². The van der Waals surface area contributed by atoms with Crippen molar-refractivity contribution in [3.63, 3.8) is 0 Å². The van der Waals surface area contributed by atoms with E-state index in [1.165, 1.54) is 28.8 Å². The van der Waals surface area contributed by atoms with Crippen LogP contribution < -0.4 is 35.2 Å². The van der Waals surface area contributed by atoms with Crippen molar-refractivity contribution in [1.29, 1.82) is 0 Å². The lowest BCUT2D eigenvalue weighted by atomic mass is 9.72. The molecule has 7 heterocycles. The van der Waals surface area contributed by atoms with Gasteiger partial charge in [-0.2, -0.15) is 4.98 Å². The molecule has 3 fully saturated rings. The van der Waals surface area contributed by atoms with E-state index in [2.05, 4.69) is 71.2 Å². The Balaban J connectivity index is 0.617. The minimum atomic E-state index is -4.65. The van der Waals surface area contributed by atoms with Gasteiger partial charge in [0, 0.05) is 132 Å². The number of pyridine rings is 1. The Labute approximate surface area is 550 Å². The molecule has 25 nitrogen and oxygen atoms in total. The zero-order valence-corrected chi connectivity index (χ0v) is 54.3. The SMILES string of the molecule is CC1(C)CCC(CN2CCN(c3ccc(C(=O)NS(=O)(=O)c4ccc(NCCN5CCN(CCOCCOCCNc6cccc7c6C(=O)N(C6CCC(=O)NC6=O)C7=O)CC5)c([N+](=O)[O-])c4)c(N4CCCOc5nc6[nH]ccc6cc54)c3)CC2)=C(c2ccc(Cl)cc2)C1. The lowest BCUT2D eigenvalue weighted by Gasteiger charge is -2.39. The first-order chi connectivity index (χ1) is 45.4. The number of benzene rings is 4. The second-order valence-corrected chi connectivity index (χ2v) is 27.4. The first-order valence-corrected chi connectivity index (χ1v) is 34.0. The molecule has 1 atom stereocenters. The second-order valence-electron chi connectivity index (χ2n) is 25.3. The molecule has 0 saturated carbocycles. The third-order valence-corrected chi connectivity index (χ3v) is 20.0. The number of nitrogens with one attached hydrogen (secondary N) is 5. The number of aromatic nitrogens is 2. The zero-order valence-electron chi connectivity index (χ0n) is 52.8. The first kappa shape index (κ1) is 65.6. The molecule has 6 aromatic rings. The van der Waals surface area contributed by atoms with Gasteiger partial charge in [-0.3, -0.25) is 59.0 Å². The molecule has 5 amide bonds. The predicted octanol–water partition coefficient (Wildman–Crippen LogP) is 7.53. The van der Waals surface area contributed by atoms with E-state index in [-0.39, 0.29) is 40.6 Å². The summed E-state index contributed by atoms with van der Waals surface area (Å²) < 4.78 is 48.4. The van der Waals surface area contributed by atoms with Crippen LogP contribution in [0.1, 0.15) is 89.0 Å². The molecule has 4 aromatic carbocycles. The van der Waals surface area contributed by atoms with Crippen LogP contribution in [0.5, 0.6) is 5.88 Å². The highest BCUT2D eigenvalue weighted by Gasteiger charge is 2.46. The molecule has 27 heteroatoms. The van der Waals surface area contributed by atoms with Crippen LogP contribution in [0.2, 0.25) is 5.02 Å². The maximum atomic E-state index is 14.6. The van der Waals surface area contributed by atoms with Gasteiger partial charge >= 0.3 is 0 Å². The van der Waals surface area contributed by atoms with Crippen molar-refractivity contribution < 1.29 is 51.5 Å². The molecular weight excluding hydrogens is 1250 g/mol. The fraction of sp³-hybridized carbons (Fsp3) is 0.433. The van der Waals surface area contributed by atoms with Crippen LogP contribution in [0.3, 0.4) is 0 Å². The van der Waals surface area contributed by atoms with Crippen molar-refractivity contribution in [3.05, 3.63) is 140 Å². The van der Waals surface area contributed by atoms with Crippen LogP contribution in [0.25, 0.3) is 16.6 Å². The molecule has 496 valence electrons. The summed E-state index contributed by atoms with van der Waals surface area (Å²) in [5.74, 6) is -2.79. The molecule has 0 bridgehead atoms. The van der Waals surface area contributed by atoms with Crippen molar-refractivity contribution in [2.24, 2.45) is 5.41 Å². The predicted molar refractivity (Wildman–Crippen MR) is 357 cm³/mol. The van der Waals surface area contributed by atoms with Crippen molar-refractivity contribution in [3.8, 4) is 5.88 Å². The van der Waals surface area contributed by atoms with E-state index in [4.69, 9.17) is 30.8 Å². The van der Waals surface area contributed by atoms with E-state index < -0.39 is 61.1 Å². The molecular formula is C67H78ClN13O12S. The van der Waals surface area contributed by atoms with Gasteiger partial charge in [0.1, 0.15) is 23.1 Å². The molecule has 1 aliphatic carbocycles. The average molecular weight is 1320 g/mol. The molecule has 3 saturated heterocycles. The Morgan fingerprint density at radius 2 is 1.54 bits per heavy atom. The van der Waals surface area contributed by atoms with Gasteiger partial charge in [-0.05, 0) is 115 Å². The summed E-state index contributed by atoms with van der Waals surface area (Å²) in [6, 6.07) is 24.9. The van der Waals surface area contributed by atoms with E-state index in [0.717, 1.165) is 105 Å². The quantitative estimate of drug-likeness (QED) is 0.0169. The zero-order chi connectivity index (χ0) is 65.7. The molecule has 0 spiro atoms. The number of anilines is 5. The summed E-state index contributed by atoms with van der Waals surface area (Å²) >= 11 is 6.30. The van der Waals surface area contributed by atoms with Gasteiger partial charge in [0.2, 0.25) is 17.7 Å². The summed E-state index contributed by atoms with van der Waals surface area (Å²) in [6.07, 6.45) is 5.63. The number of nitrogens with zero attached hydrogens (tertiary/aromatic N) is 8. The Bertz CT molecular complexity index is 4020. The Morgan fingerprint density at radius 3 is 2.31 bits per heavy atom. The number of aromatic amines is 1. The van der Waals surface area contributed by atoms with Gasteiger partial charge in [-0.1, -0.05) is 49.2 Å². The topological polar surface area (TPSA) is 287 Å². The average Bonchev–Trinajstić information content (AvgIpc) is 1.53. The van der Waals surface area contributed by atoms with Crippen LogP contribution in [-0.2, 0) is 29.1 Å².